The highest BCUT2D eigenvalue weighted by atomic mass is 16.5. The van der Waals surface area contributed by atoms with Gasteiger partial charge in [-0.25, -0.2) is 0 Å². The maximum atomic E-state index is 13.0. The van der Waals surface area contributed by atoms with Crippen LogP contribution in [-0.2, 0) is 16.1 Å². The number of methoxy groups -OCH3 is 1. The minimum atomic E-state index is -0.117. The van der Waals surface area contributed by atoms with Crippen LogP contribution in [0, 0.1) is 11.3 Å². The zero-order valence-electron chi connectivity index (χ0n) is 16.0. The number of rotatable bonds is 7. The van der Waals surface area contributed by atoms with Crippen LogP contribution in [0.2, 0.25) is 0 Å². The minimum absolute atomic E-state index is 0.0541. The smallest absolute Gasteiger partial charge is 0.246 e. The number of ether oxygens (including phenoxy) is 2. The van der Waals surface area contributed by atoms with Crippen molar-refractivity contribution in [3.8, 4) is 11.8 Å². The van der Waals surface area contributed by atoms with Gasteiger partial charge in [-0.15, -0.1) is 0 Å². The molecule has 1 aliphatic heterocycles. The number of hydrogen-bond acceptors (Lipinski definition) is 4. The van der Waals surface area contributed by atoms with Crippen LogP contribution in [0.15, 0.2) is 54.6 Å². The summed E-state index contributed by atoms with van der Waals surface area (Å²) in [7, 11) is 1.63. The van der Waals surface area contributed by atoms with Gasteiger partial charge >= 0.3 is 0 Å². The van der Waals surface area contributed by atoms with E-state index in [-0.39, 0.29) is 12.0 Å². The molecule has 1 heterocycles. The van der Waals surface area contributed by atoms with E-state index in [1.165, 1.54) is 6.08 Å². The maximum Gasteiger partial charge on any atom is 0.246 e. The van der Waals surface area contributed by atoms with Gasteiger partial charge in [-0.1, -0.05) is 36.4 Å². The summed E-state index contributed by atoms with van der Waals surface area (Å²) in [6, 6.07) is 17.1. The maximum absolute atomic E-state index is 13.0. The zero-order valence-corrected chi connectivity index (χ0v) is 16.0. The molecule has 1 fully saturated rings. The molecule has 0 saturated carbocycles. The molecule has 1 atom stereocenters. The number of nitrogens with zero attached hydrogens (tertiary/aromatic N) is 2. The molecule has 0 radical (unpaired) electrons. The summed E-state index contributed by atoms with van der Waals surface area (Å²) in [5.41, 5.74) is 2.22. The Kier molecular flexibility index (Phi) is 6.83. The number of nitriles is 1. The first kappa shape index (κ1) is 19.7. The quantitative estimate of drug-likeness (QED) is 0.690. The summed E-state index contributed by atoms with van der Waals surface area (Å²) >= 11 is 0. The first-order chi connectivity index (χ1) is 13.7. The van der Waals surface area contributed by atoms with Gasteiger partial charge in [0.15, 0.2) is 0 Å². The Bertz CT molecular complexity index is 879. The normalized spacial score (nSPS) is 16.1. The van der Waals surface area contributed by atoms with Crippen LogP contribution in [-0.4, -0.2) is 37.2 Å². The predicted molar refractivity (Wildman–Crippen MR) is 108 cm³/mol. The van der Waals surface area contributed by atoms with Crippen LogP contribution in [0.1, 0.15) is 29.5 Å². The third kappa shape index (κ3) is 4.99. The topological polar surface area (TPSA) is 62.6 Å². The van der Waals surface area contributed by atoms with Crippen LogP contribution < -0.4 is 4.74 Å². The molecule has 0 spiro atoms. The van der Waals surface area contributed by atoms with Crippen LogP contribution in [0.4, 0.5) is 0 Å². The van der Waals surface area contributed by atoms with Gasteiger partial charge in [0, 0.05) is 31.3 Å². The molecular weight excluding hydrogens is 352 g/mol. The van der Waals surface area contributed by atoms with E-state index < -0.39 is 0 Å². The van der Waals surface area contributed by atoms with E-state index in [9.17, 15) is 10.1 Å². The molecule has 3 rings (SSSR count). The molecule has 0 N–H and O–H groups in total. The standard InChI is InChI=1S/C23H24N2O3/c1-27-22-11-5-4-9-20(22)16-25(17-21-10-6-14-28-21)23(26)13-12-18-7-2-3-8-19(18)15-24/h2-5,7-9,11-13,21H,6,10,14,16-17H2,1H3/b13-12+. The van der Waals surface area contributed by atoms with Gasteiger partial charge in [0.1, 0.15) is 5.75 Å². The highest BCUT2D eigenvalue weighted by Crippen LogP contribution is 2.21. The first-order valence-corrected chi connectivity index (χ1v) is 9.41. The number of benzene rings is 2. The van der Waals surface area contributed by atoms with E-state index in [0.29, 0.717) is 18.7 Å². The lowest BCUT2D eigenvalue weighted by Crippen LogP contribution is -2.36. The van der Waals surface area contributed by atoms with Crippen LogP contribution >= 0.6 is 0 Å². The van der Waals surface area contributed by atoms with Crippen molar-refractivity contribution in [2.75, 3.05) is 20.3 Å². The molecule has 0 aromatic heterocycles. The van der Waals surface area contributed by atoms with E-state index in [1.54, 1.807) is 24.2 Å². The number of carbonyl (C=O) groups excluding carboxylic acids is 1. The highest BCUT2D eigenvalue weighted by molar-refractivity contribution is 5.92. The van der Waals surface area contributed by atoms with E-state index in [4.69, 9.17) is 9.47 Å². The van der Waals surface area contributed by atoms with Crippen molar-refractivity contribution in [1.29, 1.82) is 5.26 Å². The molecule has 0 bridgehead atoms. The minimum Gasteiger partial charge on any atom is -0.496 e. The predicted octanol–water partition coefficient (Wildman–Crippen LogP) is 3.79. The van der Waals surface area contributed by atoms with Gasteiger partial charge in [0.05, 0.1) is 24.8 Å². The number of carbonyl (C=O) groups is 1. The highest BCUT2D eigenvalue weighted by Gasteiger charge is 2.22. The molecule has 1 amide bonds. The largest absolute Gasteiger partial charge is 0.496 e. The second kappa shape index (κ2) is 9.72. The summed E-state index contributed by atoms with van der Waals surface area (Å²) in [5.74, 6) is 0.639. The van der Waals surface area contributed by atoms with Crippen LogP contribution in [0.5, 0.6) is 5.75 Å². The zero-order chi connectivity index (χ0) is 19.8. The monoisotopic (exact) mass is 376 g/mol. The number of hydrogen-bond donors (Lipinski definition) is 0. The van der Waals surface area contributed by atoms with E-state index in [2.05, 4.69) is 6.07 Å². The summed E-state index contributed by atoms with van der Waals surface area (Å²) in [5, 5.41) is 9.23. The van der Waals surface area contributed by atoms with Gasteiger partial charge in [-0.2, -0.15) is 5.26 Å². The van der Waals surface area contributed by atoms with Crippen molar-refractivity contribution < 1.29 is 14.3 Å². The summed E-state index contributed by atoms with van der Waals surface area (Å²) < 4.78 is 11.2. The average Bonchev–Trinajstić information content (AvgIpc) is 3.25. The Morgan fingerprint density at radius 2 is 2.07 bits per heavy atom. The van der Waals surface area contributed by atoms with E-state index >= 15 is 0 Å². The Balaban J connectivity index is 1.80. The Morgan fingerprint density at radius 1 is 1.29 bits per heavy atom. The molecule has 1 aliphatic rings. The Labute approximate surface area is 165 Å². The lowest BCUT2D eigenvalue weighted by Gasteiger charge is -2.25. The van der Waals surface area contributed by atoms with E-state index in [1.807, 2.05) is 42.5 Å². The first-order valence-electron chi connectivity index (χ1n) is 9.41. The Hall–Kier alpha value is -3.10. The molecular formula is C23H24N2O3. The van der Waals surface area contributed by atoms with Crippen molar-refractivity contribution in [2.24, 2.45) is 0 Å². The second-order valence-corrected chi connectivity index (χ2v) is 6.70. The fourth-order valence-corrected chi connectivity index (χ4v) is 3.32. The Morgan fingerprint density at radius 3 is 2.82 bits per heavy atom. The SMILES string of the molecule is COc1ccccc1CN(CC1CCCO1)C(=O)/C=C/c1ccccc1C#N. The van der Waals surface area contributed by atoms with Gasteiger partial charge in [-0.3, -0.25) is 4.79 Å². The van der Waals surface area contributed by atoms with Crippen molar-refractivity contribution in [3.05, 3.63) is 71.3 Å². The van der Waals surface area contributed by atoms with Crippen LogP contribution in [0.3, 0.4) is 0 Å². The van der Waals surface area contributed by atoms with Crippen molar-refractivity contribution in [3.63, 3.8) is 0 Å². The van der Waals surface area contributed by atoms with Crippen LogP contribution in [0.25, 0.3) is 6.08 Å². The fourth-order valence-electron chi connectivity index (χ4n) is 3.32. The van der Waals surface area contributed by atoms with Gasteiger partial charge in [-0.05, 0) is 36.6 Å². The fraction of sp³-hybridized carbons (Fsp3) is 0.304. The molecule has 5 heteroatoms. The second-order valence-electron chi connectivity index (χ2n) is 6.70. The molecule has 5 nitrogen and oxygen atoms in total. The lowest BCUT2D eigenvalue weighted by molar-refractivity contribution is -0.128. The molecule has 1 unspecified atom stereocenters. The third-order valence-corrected chi connectivity index (χ3v) is 4.80. The molecule has 2 aromatic carbocycles. The number of amides is 1. The summed E-state index contributed by atoms with van der Waals surface area (Å²) in [6.45, 7) is 1.71. The van der Waals surface area contributed by atoms with Crippen molar-refractivity contribution >= 4 is 12.0 Å². The molecule has 28 heavy (non-hydrogen) atoms. The van der Waals surface area contributed by atoms with Crippen molar-refractivity contribution in [1.82, 2.24) is 4.90 Å². The lowest BCUT2D eigenvalue weighted by atomic mass is 10.1. The number of para-hydroxylation sites is 1. The molecule has 1 saturated heterocycles. The molecule has 2 aromatic rings. The molecule has 0 aliphatic carbocycles. The average molecular weight is 376 g/mol. The summed E-state index contributed by atoms with van der Waals surface area (Å²) in [6.07, 6.45) is 5.26. The van der Waals surface area contributed by atoms with Crippen molar-refractivity contribution in [2.45, 2.75) is 25.5 Å². The molecule has 144 valence electrons. The van der Waals surface area contributed by atoms with Gasteiger partial charge in [0.2, 0.25) is 5.91 Å². The third-order valence-electron chi connectivity index (χ3n) is 4.80. The van der Waals surface area contributed by atoms with Gasteiger partial charge in [0.25, 0.3) is 0 Å². The van der Waals surface area contributed by atoms with Gasteiger partial charge < -0.3 is 14.4 Å². The summed E-state index contributed by atoms with van der Waals surface area (Å²) in [4.78, 5) is 14.7. The van der Waals surface area contributed by atoms with E-state index in [0.717, 1.165) is 36.3 Å².